The maximum absolute atomic E-state index is 12.1. The molecule has 0 saturated heterocycles. The molecule has 0 fully saturated rings. The van der Waals surface area contributed by atoms with Crippen molar-refractivity contribution >= 4 is 23.2 Å². The van der Waals surface area contributed by atoms with Gasteiger partial charge in [-0.05, 0) is 18.2 Å². The molecular formula is C18H22ClN2O+. The van der Waals surface area contributed by atoms with Crippen molar-refractivity contribution in [3.8, 4) is 0 Å². The van der Waals surface area contributed by atoms with Gasteiger partial charge in [0.15, 0.2) is 6.54 Å². The van der Waals surface area contributed by atoms with E-state index in [1.807, 2.05) is 30.3 Å². The van der Waals surface area contributed by atoms with Crippen LogP contribution >= 0.6 is 11.6 Å². The zero-order chi connectivity index (χ0) is 15.9. The molecule has 1 amide bonds. The Morgan fingerprint density at radius 3 is 2.50 bits per heavy atom. The molecule has 4 heteroatoms. The Balaban J connectivity index is 1.94. The lowest BCUT2D eigenvalue weighted by atomic mass is 9.96. The number of carbonyl (C=O) groups is 1. The Hall–Kier alpha value is -1.84. The van der Waals surface area contributed by atoms with Gasteiger partial charge in [-0.15, -0.1) is 0 Å². The Labute approximate surface area is 136 Å². The smallest absolute Gasteiger partial charge is 0.279 e. The predicted molar refractivity (Wildman–Crippen MR) is 90.9 cm³/mol. The van der Waals surface area contributed by atoms with E-state index in [9.17, 15) is 4.79 Å². The van der Waals surface area contributed by atoms with E-state index in [2.05, 4.69) is 36.6 Å². The monoisotopic (exact) mass is 317 g/mol. The fourth-order valence-corrected chi connectivity index (χ4v) is 2.67. The zero-order valence-corrected chi connectivity index (χ0v) is 13.7. The largest absolute Gasteiger partial charge is 0.332 e. The molecule has 1 atom stereocenters. The lowest BCUT2D eigenvalue weighted by molar-refractivity contribution is -0.692. The maximum atomic E-state index is 12.1. The van der Waals surface area contributed by atoms with Crippen LogP contribution in [0.2, 0.25) is 5.02 Å². The number of carbonyl (C=O) groups excluding carboxylic acids is 1. The summed E-state index contributed by atoms with van der Waals surface area (Å²) >= 11 is 5.92. The summed E-state index contributed by atoms with van der Waals surface area (Å²) in [6, 6.07) is 17.7. The lowest BCUT2D eigenvalue weighted by Gasteiger charge is -2.19. The van der Waals surface area contributed by atoms with Gasteiger partial charge in [-0.3, -0.25) is 4.79 Å². The summed E-state index contributed by atoms with van der Waals surface area (Å²) < 4.78 is 0. The average Bonchev–Trinajstić information content (AvgIpc) is 2.48. The molecule has 2 rings (SSSR count). The van der Waals surface area contributed by atoms with E-state index in [-0.39, 0.29) is 11.9 Å². The summed E-state index contributed by atoms with van der Waals surface area (Å²) in [6.45, 7) is 4.72. The van der Waals surface area contributed by atoms with Crippen LogP contribution in [0.3, 0.4) is 0 Å². The molecule has 0 heterocycles. The molecule has 3 nitrogen and oxygen atoms in total. The van der Waals surface area contributed by atoms with Crippen LogP contribution in [-0.4, -0.2) is 12.5 Å². The number of amides is 1. The molecule has 0 saturated carbocycles. The van der Waals surface area contributed by atoms with Crippen LogP contribution in [0.25, 0.3) is 0 Å². The van der Waals surface area contributed by atoms with Gasteiger partial charge in [0.2, 0.25) is 0 Å². The van der Waals surface area contributed by atoms with Gasteiger partial charge < -0.3 is 10.6 Å². The van der Waals surface area contributed by atoms with E-state index in [1.165, 1.54) is 5.56 Å². The third-order valence-electron chi connectivity index (χ3n) is 3.57. The van der Waals surface area contributed by atoms with Crippen LogP contribution in [-0.2, 0) is 4.79 Å². The van der Waals surface area contributed by atoms with Gasteiger partial charge in [-0.25, -0.2) is 0 Å². The highest BCUT2D eigenvalue weighted by Crippen LogP contribution is 2.17. The van der Waals surface area contributed by atoms with Gasteiger partial charge in [0.05, 0.1) is 0 Å². The van der Waals surface area contributed by atoms with E-state index in [1.54, 1.807) is 12.1 Å². The number of benzene rings is 2. The van der Waals surface area contributed by atoms with Crippen LogP contribution in [0.4, 0.5) is 5.69 Å². The molecule has 22 heavy (non-hydrogen) atoms. The first-order chi connectivity index (χ1) is 10.6. The molecule has 116 valence electrons. The van der Waals surface area contributed by atoms with Crippen molar-refractivity contribution < 1.29 is 10.1 Å². The van der Waals surface area contributed by atoms with Crippen molar-refractivity contribution in [1.82, 2.24) is 0 Å². The van der Waals surface area contributed by atoms with Crippen LogP contribution in [0.1, 0.15) is 25.5 Å². The number of quaternary nitrogens is 1. The van der Waals surface area contributed by atoms with Crippen molar-refractivity contribution in [3.05, 3.63) is 65.2 Å². The zero-order valence-electron chi connectivity index (χ0n) is 12.9. The number of halogens is 1. The van der Waals surface area contributed by atoms with Crippen molar-refractivity contribution in [2.45, 2.75) is 19.9 Å². The van der Waals surface area contributed by atoms with Gasteiger partial charge in [-0.2, -0.15) is 0 Å². The van der Waals surface area contributed by atoms with E-state index >= 15 is 0 Å². The Bertz CT molecular complexity index is 613. The summed E-state index contributed by atoms with van der Waals surface area (Å²) in [5, 5.41) is 5.57. The molecule has 0 unspecified atom stereocenters. The van der Waals surface area contributed by atoms with Crippen molar-refractivity contribution in [1.29, 1.82) is 0 Å². The second-order valence-electron chi connectivity index (χ2n) is 5.68. The fourth-order valence-electron chi connectivity index (χ4n) is 2.48. The Morgan fingerprint density at radius 2 is 1.86 bits per heavy atom. The molecular weight excluding hydrogens is 296 g/mol. The second kappa shape index (κ2) is 7.97. The number of hydrogen-bond acceptors (Lipinski definition) is 1. The summed E-state index contributed by atoms with van der Waals surface area (Å²) in [5.74, 6) is 0.421. The predicted octanol–water partition coefficient (Wildman–Crippen LogP) is 3.24. The minimum absolute atomic E-state index is 0.0242. The molecule has 3 N–H and O–H groups in total. The van der Waals surface area contributed by atoms with E-state index in [0.717, 1.165) is 5.69 Å². The standard InChI is InChI=1S/C18H21ClN2O/c1-13(2)18(14-7-4-3-5-8-14)20-12-17(22)21-16-10-6-9-15(19)11-16/h3-11,13,18,20H,12H2,1-2H3,(H,21,22)/p+1/t18-/m1/s1. The summed E-state index contributed by atoms with van der Waals surface area (Å²) in [4.78, 5) is 12.1. The molecule has 0 spiro atoms. The third kappa shape index (κ3) is 4.86. The Kier molecular flexibility index (Phi) is 5.99. The second-order valence-corrected chi connectivity index (χ2v) is 6.12. The molecule has 0 aliphatic heterocycles. The molecule has 0 aliphatic rings. The first kappa shape index (κ1) is 16.5. The SMILES string of the molecule is CC(C)[C@@H]([NH2+]CC(=O)Nc1cccc(Cl)c1)c1ccccc1. The highest BCUT2D eigenvalue weighted by atomic mass is 35.5. The van der Waals surface area contributed by atoms with Crippen LogP contribution in [0.15, 0.2) is 54.6 Å². The number of hydrogen-bond donors (Lipinski definition) is 2. The van der Waals surface area contributed by atoms with Gasteiger partial charge in [-0.1, -0.05) is 61.8 Å². The first-order valence-electron chi connectivity index (χ1n) is 7.50. The van der Waals surface area contributed by atoms with Crippen LogP contribution < -0.4 is 10.6 Å². The normalized spacial score (nSPS) is 12.2. The molecule has 0 aliphatic carbocycles. The van der Waals surface area contributed by atoms with Crippen molar-refractivity contribution in [2.24, 2.45) is 5.92 Å². The number of nitrogens with one attached hydrogen (secondary N) is 1. The van der Waals surface area contributed by atoms with Crippen molar-refractivity contribution in [3.63, 3.8) is 0 Å². The van der Waals surface area contributed by atoms with Crippen LogP contribution in [0, 0.1) is 5.92 Å². The fraction of sp³-hybridized carbons (Fsp3) is 0.278. The quantitative estimate of drug-likeness (QED) is 0.844. The topological polar surface area (TPSA) is 45.7 Å². The Morgan fingerprint density at radius 1 is 1.14 bits per heavy atom. The minimum Gasteiger partial charge on any atom is -0.332 e. The van der Waals surface area contributed by atoms with E-state index < -0.39 is 0 Å². The van der Waals surface area contributed by atoms with Gasteiger partial charge in [0, 0.05) is 22.2 Å². The number of nitrogens with two attached hydrogens (primary N) is 1. The average molecular weight is 318 g/mol. The van der Waals surface area contributed by atoms with Crippen LogP contribution in [0.5, 0.6) is 0 Å². The van der Waals surface area contributed by atoms with Gasteiger partial charge in [0.25, 0.3) is 5.91 Å². The van der Waals surface area contributed by atoms with E-state index in [4.69, 9.17) is 11.6 Å². The molecule has 0 aromatic heterocycles. The summed E-state index contributed by atoms with van der Waals surface area (Å²) in [5.41, 5.74) is 1.97. The lowest BCUT2D eigenvalue weighted by Crippen LogP contribution is -2.88. The number of rotatable bonds is 6. The van der Waals surface area contributed by atoms with E-state index in [0.29, 0.717) is 17.5 Å². The molecule has 2 aromatic rings. The third-order valence-corrected chi connectivity index (χ3v) is 3.80. The molecule has 0 radical (unpaired) electrons. The van der Waals surface area contributed by atoms with Gasteiger partial charge in [0.1, 0.15) is 6.04 Å². The first-order valence-corrected chi connectivity index (χ1v) is 7.87. The number of anilines is 1. The van der Waals surface area contributed by atoms with Gasteiger partial charge >= 0.3 is 0 Å². The molecule has 0 bridgehead atoms. The minimum atomic E-state index is -0.0242. The van der Waals surface area contributed by atoms with Crippen molar-refractivity contribution in [2.75, 3.05) is 11.9 Å². The highest BCUT2D eigenvalue weighted by molar-refractivity contribution is 6.30. The maximum Gasteiger partial charge on any atom is 0.279 e. The molecule has 2 aromatic carbocycles. The highest BCUT2D eigenvalue weighted by Gasteiger charge is 2.20. The summed E-state index contributed by atoms with van der Waals surface area (Å²) in [6.07, 6.45) is 0. The summed E-state index contributed by atoms with van der Waals surface area (Å²) in [7, 11) is 0.